The van der Waals surface area contributed by atoms with Crippen molar-refractivity contribution in [1.29, 1.82) is 0 Å². The van der Waals surface area contributed by atoms with Crippen LogP contribution in [0, 0.1) is 0 Å². The van der Waals surface area contributed by atoms with E-state index in [1.54, 1.807) is 20.0 Å². The molecular formula is C19H37N5O7. The van der Waals surface area contributed by atoms with Gasteiger partial charge in [0.1, 0.15) is 35.8 Å². The lowest BCUT2D eigenvalue weighted by Gasteiger charge is -2.48. The smallest absolute Gasteiger partial charge is 0.215 e. The molecule has 1 aliphatic carbocycles. The molecule has 0 aromatic rings. The standard InChI is InChI=1S/C19H37N5O7/c1-19(27)7-28-18(13(26)16(19)24-2)31-15-11(23)5-10(22)14(12(15)25)30-17-9(21)4-3-8(6-20)29-17/h3,9-18,24-27H,4-7,20-23H2,1-2H3/t9-,10-,11+,12+,13-,14-,15+,16+,17-,18-,19-/m0/s1. The average Bonchev–Trinajstić information content (AvgIpc) is 2.71. The molecular weight excluding hydrogens is 410 g/mol. The number of aliphatic hydroxyl groups excluding tert-OH is 2. The second-order valence-corrected chi connectivity index (χ2v) is 8.81. The van der Waals surface area contributed by atoms with E-state index < -0.39 is 66.8 Å². The maximum absolute atomic E-state index is 11.0. The van der Waals surface area contributed by atoms with E-state index in [0.29, 0.717) is 18.6 Å². The van der Waals surface area contributed by atoms with Gasteiger partial charge in [-0.1, -0.05) is 0 Å². The van der Waals surface area contributed by atoms with E-state index in [1.807, 2.05) is 0 Å². The molecule has 0 spiro atoms. The highest BCUT2D eigenvalue weighted by atomic mass is 16.7. The van der Waals surface area contributed by atoms with Crippen LogP contribution in [0.3, 0.4) is 0 Å². The van der Waals surface area contributed by atoms with Crippen molar-refractivity contribution in [1.82, 2.24) is 5.32 Å². The first kappa shape index (κ1) is 24.7. The van der Waals surface area contributed by atoms with E-state index in [2.05, 4.69) is 5.32 Å². The highest BCUT2D eigenvalue weighted by Gasteiger charge is 2.50. The van der Waals surface area contributed by atoms with Crippen molar-refractivity contribution in [3.05, 3.63) is 11.8 Å². The number of ether oxygens (including phenoxy) is 4. The Balaban J connectivity index is 1.69. The first-order valence-corrected chi connectivity index (χ1v) is 10.6. The van der Waals surface area contributed by atoms with Gasteiger partial charge in [-0.05, 0) is 32.9 Å². The second-order valence-electron chi connectivity index (χ2n) is 8.81. The Hall–Kier alpha value is -0.900. The van der Waals surface area contributed by atoms with Crippen molar-refractivity contribution in [2.24, 2.45) is 22.9 Å². The lowest BCUT2D eigenvalue weighted by Crippen LogP contribution is -2.68. The van der Waals surface area contributed by atoms with Gasteiger partial charge in [0.2, 0.25) is 6.29 Å². The first-order valence-electron chi connectivity index (χ1n) is 10.6. The van der Waals surface area contributed by atoms with Gasteiger partial charge in [0.05, 0.1) is 25.2 Å². The van der Waals surface area contributed by atoms with Gasteiger partial charge in [0, 0.05) is 12.1 Å². The summed E-state index contributed by atoms with van der Waals surface area (Å²) in [5.41, 5.74) is 22.9. The lowest BCUT2D eigenvalue weighted by molar-refractivity contribution is -0.303. The Morgan fingerprint density at radius 2 is 1.71 bits per heavy atom. The zero-order valence-electron chi connectivity index (χ0n) is 18.0. The zero-order chi connectivity index (χ0) is 22.9. The number of aliphatic hydroxyl groups is 3. The van der Waals surface area contributed by atoms with Gasteiger partial charge >= 0.3 is 0 Å². The fourth-order valence-corrected chi connectivity index (χ4v) is 4.44. The van der Waals surface area contributed by atoms with Gasteiger partial charge in [-0.25, -0.2) is 0 Å². The van der Waals surface area contributed by atoms with Crippen LogP contribution in [0.4, 0.5) is 0 Å². The normalized spacial score (nSPS) is 48.7. The van der Waals surface area contributed by atoms with Gasteiger partial charge in [0.15, 0.2) is 6.29 Å². The molecule has 0 amide bonds. The molecule has 3 rings (SSSR count). The molecule has 12 N–H and O–H groups in total. The summed E-state index contributed by atoms with van der Waals surface area (Å²) in [6.45, 7) is 1.68. The van der Waals surface area contributed by atoms with Crippen molar-refractivity contribution in [2.75, 3.05) is 20.2 Å². The Kier molecular flexibility index (Phi) is 7.92. The third-order valence-electron chi connectivity index (χ3n) is 6.22. The highest BCUT2D eigenvalue weighted by Crippen LogP contribution is 2.31. The molecule has 0 aromatic heterocycles. The fraction of sp³-hybridized carbons (Fsp3) is 0.895. The van der Waals surface area contributed by atoms with Crippen LogP contribution in [-0.2, 0) is 18.9 Å². The summed E-state index contributed by atoms with van der Waals surface area (Å²) < 4.78 is 23.1. The minimum atomic E-state index is -1.29. The average molecular weight is 448 g/mol. The van der Waals surface area contributed by atoms with Crippen LogP contribution in [0.15, 0.2) is 11.8 Å². The molecule has 0 radical (unpaired) electrons. The number of hydrogen-bond donors (Lipinski definition) is 8. The Labute approximate surface area is 181 Å². The summed E-state index contributed by atoms with van der Waals surface area (Å²) in [5, 5.41) is 34.9. The maximum Gasteiger partial charge on any atom is 0.215 e. The Bertz CT molecular complexity index is 639. The van der Waals surface area contributed by atoms with E-state index in [4.69, 9.17) is 41.9 Å². The van der Waals surface area contributed by atoms with Crippen LogP contribution >= 0.6 is 0 Å². The molecule has 0 aromatic carbocycles. The van der Waals surface area contributed by atoms with Crippen molar-refractivity contribution < 1.29 is 34.3 Å². The summed E-state index contributed by atoms with van der Waals surface area (Å²) in [7, 11) is 1.62. The molecule has 12 heteroatoms. The molecule has 180 valence electrons. The van der Waals surface area contributed by atoms with Gasteiger partial charge < -0.3 is 62.5 Å². The lowest BCUT2D eigenvalue weighted by atomic mass is 9.84. The van der Waals surface area contributed by atoms with Crippen molar-refractivity contribution >= 4 is 0 Å². The topological polar surface area (TPSA) is 214 Å². The van der Waals surface area contributed by atoms with E-state index in [-0.39, 0.29) is 13.2 Å². The largest absolute Gasteiger partial charge is 0.467 e. The van der Waals surface area contributed by atoms with Gasteiger partial charge in [0.25, 0.3) is 0 Å². The molecule has 2 fully saturated rings. The molecule has 2 heterocycles. The number of nitrogens with two attached hydrogens (primary N) is 4. The maximum atomic E-state index is 11.0. The third-order valence-corrected chi connectivity index (χ3v) is 6.22. The summed E-state index contributed by atoms with van der Waals surface area (Å²) >= 11 is 0. The van der Waals surface area contributed by atoms with E-state index in [9.17, 15) is 15.3 Å². The van der Waals surface area contributed by atoms with Crippen molar-refractivity contribution in [3.63, 3.8) is 0 Å². The highest BCUT2D eigenvalue weighted by molar-refractivity contribution is 5.04. The van der Waals surface area contributed by atoms with E-state index >= 15 is 0 Å². The quantitative estimate of drug-likeness (QED) is 0.196. The molecule has 2 aliphatic heterocycles. The Morgan fingerprint density at radius 3 is 2.29 bits per heavy atom. The number of likely N-dealkylation sites (N-methyl/N-ethyl adjacent to an activating group) is 1. The number of hydrogen-bond acceptors (Lipinski definition) is 12. The van der Waals surface area contributed by atoms with Crippen LogP contribution in [0.25, 0.3) is 0 Å². The van der Waals surface area contributed by atoms with Crippen molar-refractivity contribution in [3.8, 4) is 0 Å². The molecule has 1 saturated carbocycles. The second kappa shape index (κ2) is 9.93. The van der Waals surface area contributed by atoms with Gasteiger partial charge in [-0.15, -0.1) is 0 Å². The molecule has 31 heavy (non-hydrogen) atoms. The molecule has 12 nitrogen and oxygen atoms in total. The molecule has 0 unspecified atom stereocenters. The van der Waals surface area contributed by atoms with Crippen molar-refractivity contribution in [2.45, 2.75) is 86.5 Å². The number of nitrogens with one attached hydrogen (secondary N) is 1. The molecule has 0 bridgehead atoms. The summed E-state index contributed by atoms with van der Waals surface area (Å²) in [5.74, 6) is 0.555. The fourth-order valence-electron chi connectivity index (χ4n) is 4.44. The summed E-state index contributed by atoms with van der Waals surface area (Å²) in [4.78, 5) is 0. The van der Waals surface area contributed by atoms with Crippen LogP contribution in [0.5, 0.6) is 0 Å². The minimum Gasteiger partial charge on any atom is -0.467 e. The van der Waals surface area contributed by atoms with Crippen LogP contribution in [0.2, 0.25) is 0 Å². The third kappa shape index (κ3) is 5.20. The zero-order valence-corrected chi connectivity index (χ0v) is 18.0. The van der Waals surface area contributed by atoms with Crippen LogP contribution in [-0.4, -0.2) is 102 Å². The van der Waals surface area contributed by atoms with E-state index in [0.717, 1.165) is 0 Å². The number of rotatable bonds is 6. The predicted molar refractivity (Wildman–Crippen MR) is 110 cm³/mol. The molecule has 11 atom stereocenters. The molecule has 3 aliphatic rings. The minimum absolute atomic E-state index is 0.0727. The first-order chi connectivity index (χ1) is 14.6. The predicted octanol–water partition coefficient (Wildman–Crippen LogP) is -3.85. The van der Waals surface area contributed by atoms with Gasteiger partial charge in [-0.3, -0.25) is 0 Å². The monoisotopic (exact) mass is 447 g/mol. The molecule has 1 saturated heterocycles. The van der Waals surface area contributed by atoms with E-state index in [1.165, 1.54) is 0 Å². The van der Waals surface area contributed by atoms with Crippen LogP contribution < -0.4 is 28.3 Å². The van der Waals surface area contributed by atoms with Crippen LogP contribution in [0.1, 0.15) is 19.8 Å². The van der Waals surface area contributed by atoms with Gasteiger partial charge in [-0.2, -0.15) is 0 Å². The summed E-state index contributed by atoms with van der Waals surface area (Å²) in [6.07, 6.45) is -3.56. The summed E-state index contributed by atoms with van der Waals surface area (Å²) in [6, 6.07) is -2.37. The Morgan fingerprint density at radius 1 is 1.10 bits per heavy atom. The SMILES string of the molecule is CN[C@@H]1[C@H](O)[C@H](O[C@H]2[C@H](O)[C@@H](O[C@@H]3OC(CN)=CC[C@@H]3N)[C@@H](N)C[C@H]2N)OC[C@]1(C)O.